The van der Waals surface area contributed by atoms with Crippen molar-refractivity contribution in [2.75, 3.05) is 6.61 Å². The van der Waals surface area contributed by atoms with E-state index in [0.29, 0.717) is 24.1 Å². The lowest BCUT2D eigenvalue weighted by atomic mass is 10.2. The molecule has 0 bridgehead atoms. The highest BCUT2D eigenvalue weighted by molar-refractivity contribution is 6.31. The van der Waals surface area contributed by atoms with E-state index in [4.69, 9.17) is 16.4 Å². The molecule has 0 radical (unpaired) electrons. The molecule has 0 unspecified atom stereocenters. The van der Waals surface area contributed by atoms with Gasteiger partial charge in [0, 0.05) is 18.9 Å². The first-order chi connectivity index (χ1) is 6.70. The van der Waals surface area contributed by atoms with Gasteiger partial charge in [-0.05, 0) is 17.5 Å². The van der Waals surface area contributed by atoms with E-state index in [9.17, 15) is 0 Å². The van der Waals surface area contributed by atoms with Crippen LogP contribution in [0.1, 0.15) is 19.4 Å². The Morgan fingerprint density at radius 3 is 3.00 bits per heavy atom. The summed E-state index contributed by atoms with van der Waals surface area (Å²) in [5.74, 6) is 0.524. The predicted molar refractivity (Wildman–Crippen MR) is 56.9 cm³/mol. The summed E-state index contributed by atoms with van der Waals surface area (Å²) in [5.41, 5.74) is 3.85. The van der Waals surface area contributed by atoms with Gasteiger partial charge in [0.2, 0.25) is 0 Å². The Labute approximate surface area is 89.4 Å². The number of hydrogen-bond donors (Lipinski definition) is 1. The van der Waals surface area contributed by atoms with E-state index in [0.717, 1.165) is 5.56 Å². The van der Waals surface area contributed by atoms with Crippen molar-refractivity contribution in [3.8, 4) is 0 Å². The molecular weight excluding hydrogens is 200 g/mol. The first kappa shape index (κ1) is 11.4. The summed E-state index contributed by atoms with van der Waals surface area (Å²) in [5, 5.41) is 0.660. The monoisotopic (exact) mass is 214 g/mol. The van der Waals surface area contributed by atoms with Crippen LogP contribution in [0.3, 0.4) is 0 Å². The second-order valence-electron chi connectivity index (χ2n) is 3.49. The Morgan fingerprint density at radius 1 is 1.57 bits per heavy atom. The standard InChI is InChI=1S/C10H15ClN2O/c1-8(2)7-14-13-5-9-3-4-12-6-10(9)11/h3-4,6,8,13H,5,7H2,1-2H3. The van der Waals surface area contributed by atoms with E-state index in [-0.39, 0.29) is 0 Å². The lowest BCUT2D eigenvalue weighted by molar-refractivity contribution is 0.0196. The molecule has 0 aromatic carbocycles. The SMILES string of the molecule is CC(C)CONCc1ccncc1Cl. The minimum atomic E-state index is 0.524. The second kappa shape index (κ2) is 5.96. The number of nitrogens with one attached hydrogen (secondary N) is 1. The fourth-order valence-electron chi connectivity index (χ4n) is 0.902. The smallest absolute Gasteiger partial charge is 0.0705 e. The highest BCUT2D eigenvalue weighted by Gasteiger charge is 1.99. The number of aromatic nitrogens is 1. The van der Waals surface area contributed by atoms with Gasteiger partial charge in [0.25, 0.3) is 0 Å². The summed E-state index contributed by atoms with van der Waals surface area (Å²) in [6, 6.07) is 1.87. The maximum Gasteiger partial charge on any atom is 0.0705 e. The minimum Gasteiger partial charge on any atom is -0.301 e. The number of hydroxylamine groups is 1. The summed E-state index contributed by atoms with van der Waals surface area (Å²) in [7, 11) is 0. The van der Waals surface area contributed by atoms with Crippen LogP contribution in [0.15, 0.2) is 18.5 Å². The zero-order valence-corrected chi connectivity index (χ0v) is 9.21. The van der Waals surface area contributed by atoms with Crippen molar-refractivity contribution in [1.29, 1.82) is 0 Å². The van der Waals surface area contributed by atoms with Crippen molar-refractivity contribution >= 4 is 11.6 Å². The molecule has 4 heteroatoms. The molecule has 0 aliphatic carbocycles. The summed E-state index contributed by atoms with van der Waals surface area (Å²) in [4.78, 5) is 9.13. The summed E-state index contributed by atoms with van der Waals surface area (Å²) >= 11 is 5.91. The predicted octanol–water partition coefficient (Wildman–Crippen LogP) is 2.41. The zero-order chi connectivity index (χ0) is 10.4. The van der Waals surface area contributed by atoms with Gasteiger partial charge in [-0.3, -0.25) is 4.98 Å². The molecule has 1 heterocycles. The van der Waals surface area contributed by atoms with Gasteiger partial charge in [0.05, 0.1) is 11.6 Å². The highest BCUT2D eigenvalue weighted by atomic mass is 35.5. The molecule has 1 N–H and O–H groups in total. The lowest BCUT2D eigenvalue weighted by Crippen LogP contribution is -2.17. The number of nitrogens with zero attached hydrogens (tertiary/aromatic N) is 1. The Morgan fingerprint density at radius 2 is 2.36 bits per heavy atom. The Balaban J connectivity index is 2.28. The van der Waals surface area contributed by atoms with Crippen LogP contribution in [-0.4, -0.2) is 11.6 Å². The Hall–Kier alpha value is -0.640. The Bertz CT molecular complexity index is 279. The molecule has 78 valence electrons. The molecule has 1 aromatic heterocycles. The minimum absolute atomic E-state index is 0.524. The van der Waals surface area contributed by atoms with Crippen molar-refractivity contribution in [3.63, 3.8) is 0 Å². The average Bonchev–Trinajstić information content (AvgIpc) is 2.15. The van der Waals surface area contributed by atoms with Crippen LogP contribution in [-0.2, 0) is 11.4 Å². The van der Waals surface area contributed by atoms with Crippen LogP contribution in [0.4, 0.5) is 0 Å². The lowest BCUT2D eigenvalue weighted by Gasteiger charge is -2.08. The third-order valence-corrected chi connectivity index (χ3v) is 1.98. The van der Waals surface area contributed by atoms with Crippen molar-refractivity contribution in [3.05, 3.63) is 29.0 Å². The number of halogens is 1. The van der Waals surface area contributed by atoms with E-state index in [1.165, 1.54) is 0 Å². The second-order valence-corrected chi connectivity index (χ2v) is 3.90. The van der Waals surface area contributed by atoms with Gasteiger partial charge in [-0.1, -0.05) is 25.4 Å². The van der Waals surface area contributed by atoms with Crippen LogP contribution in [0.2, 0.25) is 5.02 Å². The average molecular weight is 215 g/mol. The molecule has 0 aliphatic heterocycles. The summed E-state index contributed by atoms with van der Waals surface area (Å²) in [6.07, 6.45) is 3.34. The van der Waals surface area contributed by atoms with E-state index in [1.54, 1.807) is 12.4 Å². The van der Waals surface area contributed by atoms with Crippen molar-refractivity contribution in [2.24, 2.45) is 5.92 Å². The quantitative estimate of drug-likeness (QED) is 0.604. The van der Waals surface area contributed by atoms with Crippen LogP contribution in [0, 0.1) is 5.92 Å². The summed E-state index contributed by atoms with van der Waals surface area (Å²) in [6.45, 7) is 5.50. The molecule has 3 nitrogen and oxygen atoms in total. The Kier molecular flexibility index (Phi) is 4.87. The van der Waals surface area contributed by atoms with Gasteiger partial charge in [0.1, 0.15) is 0 Å². The van der Waals surface area contributed by atoms with Crippen LogP contribution in [0.25, 0.3) is 0 Å². The van der Waals surface area contributed by atoms with Gasteiger partial charge in [-0.15, -0.1) is 0 Å². The molecule has 0 amide bonds. The third-order valence-electron chi connectivity index (χ3n) is 1.64. The molecule has 1 aromatic rings. The molecular formula is C10H15ClN2O. The van der Waals surface area contributed by atoms with Gasteiger partial charge in [-0.2, -0.15) is 5.48 Å². The van der Waals surface area contributed by atoms with Crippen LogP contribution in [0.5, 0.6) is 0 Å². The van der Waals surface area contributed by atoms with E-state index < -0.39 is 0 Å². The van der Waals surface area contributed by atoms with E-state index in [2.05, 4.69) is 24.3 Å². The van der Waals surface area contributed by atoms with Gasteiger partial charge in [-0.25, -0.2) is 0 Å². The number of hydrogen-bond acceptors (Lipinski definition) is 3. The van der Waals surface area contributed by atoms with Crippen LogP contribution >= 0.6 is 11.6 Å². The topological polar surface area (TPSA) is 34.1 Å². The number of pyridine rings is 1. The first-order valence-electron chi connectivity index (χ1n) is 4.63. The van der Waals surface area contributed by atoms with Crippen LogP contribution < -0.4 is 5.48 Å². The third kappa shape index (κ3) is 4.05. The molecule has 0 atom stereocenters. The van der Waals surface area contributed by atoms with E-state index in [1.807, 2.05) is 6.07 Å². The fraction of sp³-hybridized carbons (Fsp3) is 0.500. The number of rotatable bonds is 5. The van der Waals surface area contributed by atoms with Crippen molar-refractivity contribution in [1.82, 2.24) is 10.5 Å². The molecule has 0 aliphatic rings. The molecule has 0 spiro atoms. The first-order valence-corrected chi connectivity index (χ1v) is 5.01. The van der Waals surface area contributed by atoms with Crippen molar-refractivity contribution < 1.29 is 4.84 Å². The fourth-order valence-corrected chi connectivity index (χ4v) is 1.09. The molecule has 14 heavy (non-hydrogen) atoms. The van der Waals surface area contributed by atoms with Gasteiger partial charge < -0.3 is 4.84 Å². The van der Waals surface area contributed by atoms with Gasteiger partial charge >= 0.3 is 0 Å². The maximum atomic E-state index is 5.91. The molecule has 0 saturated heterocycles. The zero-order valence-electron chi connectivity index (χ0n) is 8.46. The molecule has 0 saturated carbocycles. The normalized spacial score (nSPS) is 10.9. The molecule has 1 rings (SSSR count). The largest absolute Gasteiger partial charge is 0.301 e. The van der Waals surface area contributed by atoms with Crippen molar-refractivity contribution in [2.45, 2.75) is 20.4 Å². The molecule has 0 fully saturated rings. The maximum absolute atomic E-state index is 5.91. The van der Waals surface area contributed by atoms with E-state index >= 15 is 0 Å². The highest BCUT2D eigenvalue weighted by Crippen LogP contribution is 2.12. The summed E-state index contributed by atoms with van der Waals surface area (Å²) < 4.78 is 0. The van der Waals surface area contributed by atoms with Gasteiger partial charge in [0.15, 0.2) is 0 Å².